The summed E-state index contributed by atoms with van der Waals surface area (Å²) in [7, 11) is 1.16. The number of hydrogen-bond acceptors (Lipinski definition) is 5. The quantitative estimate of drug-likeness (QED) is 0.395. The minimum Gasteiger partial charge on any atom is -0.512 e. The molecule has 106 valence electrons. The van der Waals surface area contributed by atoms with E-state index in [0.29, 0.717) is 0 Å². The van der Waals surface area contributed by atoms with E-state index >= 15 is 0 Å². The number of allylic oxidation sites excluding steroid dienone is 1. The van der Waals surface area contributed by atoms with Gasteiger partial charge in [0.15, 0.2) is 0 Å². The molecular weight excluding hydrogens is 262 g/mol. The Morgan fingerprint density at radius 1 is 1.30 bits per heavy atom. The molecule has 0 unspecified atom stereocenters. The molecule has 0 bridgehead atoms. The van der Waals surface area contributed by atoms with Crippen molar-refractivity contribution in [1.29, 1.82) is 0 Å². The van der Waals surface area contributed by atoms with Crippen LogP contribution in [0, 0.1) is 0 Å². The van der Waals surface area contributed by atoms with Crippen LogP contribution < -0.4 is 0 Å². The van der Waals surface area contributed by atoms with Gasteiger partial charge >= 0.3 is 12.1 Å². The number of esters is 1. The number of hydrogen-bond donors (Lipinski definition) is 1. The fourth-order valence-corrected chi connectivity index (χ4v) is 1.28. The molecule has 0 aliphatic carbocycles. The molecule has 0 aliphatic rings. The predicted octanol–water partition coefficient (Wildman–Crippen LogP) is 2.40. The zero-order valence-corrected chi connectivity index (χ0v) is 11.2. The minimum absolute atomic E-state index is 0.0758. The van der Waals surface area contributed by atoms with Crippen molar-refractivity contribution in [2.75, 3.05) is 7.11 Å². The van der Waals surface area contributed by atoms with E-state index in [0.717, 1.165) is 18.9 Å². The largest absolute Gasteiger partial charge is 0.512 e. The highest BCUT2D eigenvalue weighted by Crippen LogP contribution is 2.03. The summed E-state index contributed by atoms with van der Waals surface area (Å²) in [6.07, 6.45) is 0.0469. The van der Waals surface area contributed by atoms with E-state index in [4.69, 9.17) is 4.74 Å². The molecule has 1 amide bonds. The monoisotopic (exact) mass is 277 g/mol. The molecule has 1 aromatic carbocycles. The van der Waals surface area contributed by atoms with Crippen molar-refractivity contribution in [2.45, 2.75) is 13.5 Å². The number of aliphatic imine (C=N–C) groups is 1. The van der Waals surface area contributed by atoms with E-state index in [2.05, 4.69) is 9.73 Å². The summed E-state index contributed by atoms with van der Waals surface area (Å²) in [4.78, 5) is 26.1. The summed E-state index contributed by atoms with van der Waals surface area (Å²) in [5, 5.41) is 9.27. The van der Waals surface area contributed by atoms with Crippen LogP contribution in [0.1, 0.15) is 12.5 Å². The molecule has 0 saturated heterocycles. The van der Waals surface area contributed by atoms with Crippen molar-refractivity contribution in [2.24, 2.45) is 4.99 Å². The topological polar surface area (TPSA) is 85.2 Å². The van der Waals surface area contributed by atoms with Crippen LogP contribution in [0.5, 0.6) is 0 Å². The lowest BCUT2D eigenvalue weighted by atomic mass is 10.2. The molecule has 0 saturated carbocycles. The molecule has 6 heteroatoms. The number of nitrogens with zero attached hydrogens (tertiary/aromatic N) is 1. The van der Waals surface area contributed by atoms with Gasteiger partial charge in [0, 0.05) is 0 Å². The zero-order chi connectivity index (χ0) is 15.0. The maximum atomic E-state index is 11.4. The van der Waals surface area contributed by atoms with E-state index in [1.807, 2.05) is 18.2 Å². The number of rotatable bonds is 4. The Bertz CT molecular complexity index is 530. The number of benzene rings is 1. The van der Waals surface area contributed by atoms with Crippen LogP contribution in [0.15, 0.2) is 46.7 Å². The van der Waals surface area contributed by atoms with E-state index in [9.17, 15) is 14.7 Å². The van der Waals surface area contributed by atoms with Gasteiger partial charge in [-0.25, -0.2) is 9.59 Å². The van der Waals surface area contributed by atoms with E-state index in [1.54, 1.807) is 12.1 Å². The van der Waals surface area contributed by atoms with Crippen molar-refractivity contribution in [3.63, 3.8) is 0 Å². The number of carbonyl (C=O) groups excluding carboxylic acids is 2. The van der Waals surface area contributed by atoms with Gasteiger partial charge in [-0.05, 0) is 12.5 Å². The van der Waals surface area contributed by atoms with Crippen molar-refractivity contribution >= 4 is 18.3 Å². The molecule has 1 rings (SSSR count). The van der Waals surface area contributed by atoms with Crippen LogP contribution in [0.2, 0.25) is 0 Å². The first-order valence-corrected chi connectivity index (χ1v) is 5.77. The Morgan fingerprint density at radius 2 is 1.95 bits per heavy atom. The number of amides is 1. The molecule has 1 N–H and O–H groups in total. The second-order valence-corrected chi connectivity index (χ2v) is 3.79. The van der Waals surface area contributed by atoms with Gasteiger partial charge in [-0.1, -0.05) is 30.3 Å². The maximum Gasteiger partial charge on any atom is 0.433 e. The molecular formula is C14H15NO5. The third-order valence-electron chi connectivity index (χ3n) is 2.30. The van der Waals surface area contributed by atoms with Gasteiger partial charge in [-0.15, -0.1) is 0 Å². The number of methoxy groups -OCH3 is 1. The van der Waals surface area contributed by atoms with Crippen molar-refractivity contribution in [3.8, 4) is 0 Å². The highest BCUT2D eigenvalue weighted by molar-refractivity contribution is 6.11. The van der Waals surface area contributed by atoms with E-state index in [-0.39, 0.29) is 17.9 Å². The second kappa shape index (κ2) is 7.73. The summed E-state index contributed by atoms with van der Waals surface area (Å²) >= 11 is 0. The Hall–Kier alpha value is -2.63. The summed E-state index contributed by atoms with van der Waals surface area (Å²) in [5.41, 5.74) is 0.613. The van der Waals surface area contributed by atoms with Crippen LogP contribution >= 0.6 is 0 Å². The van der Waals surface area contributed by atoms with Crippen LogP contribution in [0.4, 0.5) is 4.79 Å². The van der Waals surface area contributed by atoms with Crippen molar-refractivity contribution in [3.05, 3.63) is 47.2 Å². The fraction of sp³-hybridized carbons (Fsp3) is 0.214. The van der Waals surface area contributed by atoms with Crippen LogP contribution in [0.25, 0.3) is 0 Å². The average Bonchev–Trinajstić information content (AvgIpc) is 2.45. The predicted molar refractivity (Wildman–Crippen MR) is 72.5 cm³/mol. The Kier molecular flexibility index (Phi) is 5.96. The fourth-order valence-electron chi connectivity index (χ4n) is 1.28. The lowest BCUT2D eigenvalue weighted by molar-refractivity contribution is -0.135. The molecule has 0 radical (unpaired) electrons. The molecule has 0 heterocycles. The SMILES string of the molecule is COC(=O)C(/C=N/C(=O)OCc1ccccc1)=C(/C)O. The highest BCUT2D eigenvalue weighted by atomic mass is 16.5. The van der Waals surface area contributed by atoms with Gasteiger partial charge in [0.25, 0.3) is 0 Å². The summed E-state index contributed by atoms with van der Waals surface area (Å²) < 4.78 is 9.31. The van der Waals surface area contributed by atoms with Gasteiger partial charge in [-0.2, -0.15) is 4.99 Å². The maximum absolute atomic E-state index is 11.4. The number of aliphatic hydroxyl groups excluding tert-OH is 1. The molecule has 6 nitrogen and oxygen atoms in total. The second-order valence-electron chi connectivity index (χ2n) is 3.79. The first kappa shape index (κ1) is 15.4. The molecule has 0 aromatic heterocycles. The zero-order valence-electron chi connectivity index (χ0n) is 11.2. The van der Waals surface area contributed by atoms with Gasteiger partial charge < -0.3 is 14.6 Å². The number of aliphatic hydroxyl groups is 1. The van der Waals surface area contributed by atoms with Crippen LogP contribution in [-0.4, -0.2) is 30.5 Å². The number of carbonyl (C=O) groups is 2. The smallest absolute Gasteiger partial charge is 0.433 e. The van der Waals surface area contributed by atoms with Gasteiger partial charge in [0.05, 0.1) is 13.3 Å². The van der Waals surface area contributed by atoms with Crippen LogP contribution in [0.3, 0.4) is 0 Å². The Morgan fingerprint density at radius 3 is 2.50 bits per heavy atom. The number of ether oxygens (including phenoxy) is 2. The third kappa shape index (κ3) is 4.93. The summed E-state index contributed by atoms with van der Waals surface area (Å²) in [5.74, 6) is -1.08. The minimum atomic E-state index is -0.864. The lowest BCUT2D eigenvalue weighted by Crippen LogP contribution is -2.09. The first-order chi connectivity index (χ1) is 9.54. The molecule has 0 aliphatic heterocycles. The van der Waals surface area contributed by atoms with E-state index in [1.165, 1.54) is 6.92 Å². The molecule has 0 fully saturated rings. The van der Waals surface area contributed by atoms with Crippen LogP contribution in [-0.2, 0) is 20.9 Å². The van der Waals surface area contributed by atoms with Crippen molar-refractivity contribution in [1.82, 2.24) is 0 Å². The highest BCUT2D eigenvalue weighted by Gasteiger charge is 2.11. The molecule has 0 spiro atoms. The third-order valence-corrected chi connectivity index (χ3v) is 2.30. The lowest BCUT2D eigenvalue weighted by Gasteiger charge is -2.02. The van der Waals surface area contributed by atoms with E-state index < -0.39 is 12.1 Å². The molecule has 20 heavy (non-hydrogen) atoms. The van der Waals surface area contributed by atoms with Gasteiger partial charge in [0.1, 0.15) is 17.9 Å². The normalized spacial score (nSPS) is 11.9. The van der Waals surface area contributed by atoms with Gasteiger partial charge in [-0.3, -0.25) is 0 Å². The Balaban J connectivity index is 2.59. The molecule has 0 atom stereocenters. The molecule has 1 aromatic rings. The Labute approximate surface area is 116 Å². The average molecular weight is 277 g/mol. The first-order valence-electron chi connectivity index (χ1n) is 5.77. The summed E-state index contributed by atoms with van der Waals surface area (Å²) in [6, 6.07) is 9.09. The standard InChI is InChI=1S/C14H15NO5/c1-10(16)12(13(17)19-2)8-15-14(18)20-9-11-6-4-3-5-7-11/h3-8,16H,9H2,1-2H3/b12-10-,15-8+. The summed E-state index contributed by atoms with van der Waals surface area (Å²) in [6.45, 7) is 1.36. The van der Waals surface area contributed by atoms with Crippen molar-refractivity contribution < 1.29 is 24.2 Å². The van der Waals surface area contributed by atoms with Gasteiger partial charge in [0.2, 0.25) is 0 Å².